The Kier molecular flexibility index (Phi) is 9.06. The fraction of sp³-hybridized carbons (Fsp3) is 0.519. The molecule has 2 aromatic rings. The topological polar surface area (TPSA) is 82.5 Å². The number of benzene rings is 2. The molecule has 0 radical (unpaired) electrons. The zero-order valence-corrected chi connectivity index (χ0v) is 24.3. The molecule has 37 heavy (non-hydrogen) atoms. The maximum absolute atomic E-state index is 12.7. The van der Waals surface area contributed by atoms with Gasteiger partial charge in [0.1, 0.15) is 15.7 Å². The summed E-state index contributed by atoms with van der Waals surface area (Å²) in [6.07, 6.45) is 5.77. The van der Waals surface area contributed by atoms with E-state index >= 15 is 0 Å². The third-order valence-electron chi connectivity index (χ3n) is 7.57. The van der Waals surface area contributed by atoms with Gasteiger partial charge in [-0.05, 0) is 118 Å². The number of ether oxygens (including phenoxy) is 1. The molecular formula is C27H35Cl2N3O3S2. The van der Waals surface area contributed by atoms with Crippen molar-refractivity contribution < 1.29 is 13.7 Å². The van der Waals surface area contributed by atoms with Gasteiger partial charge in [0.15, 0.2) is 0 Å². The van der Waals surface area contributed by atoms with E-state index in [2.05, 4.69) is 16.5 Å². The lowest BCUT2D eigenvalue weighted by molar-refractivity contribution is 0.0982. The molecule has 1 aliphatic heterocycles. The summed E-state index contributed by atoms with van der Waals surface area (Å²) < 4.78 is 29.1. The van der Waals surface area contributed by atoms with Crippen LogP contribution in [0.1, 0.15) is 78.9 Å². The first kappa shape index (κ1) is 28.6. The molecule has 0 aromatic heterocycles. The lowest BCUT2D eigenvalue weighted by atomic mass is 9.95. The van der Waals surface area contributed by atoms with Crippen LogP contribution in [0.25, 0.3) is 0 Å². The fourth-order valence-corrected chi connectivity index (χ4v) is 6.86. The van der Waals surface area contributed by atoms with E-state index in [4.69, 9.17) is 32.7 Å². The standard InChI is InChI=1S/C27H33Cl2N3O3S.H2S/c1-17(21-12-22(28)15-23(29)13-21)32-10-8-18(9-11-32)16-35-26-7-4-20(14-25(26)19-2-3-19)27(33)31-36(30,34)24-5-6-24;/h4,7,12-15,17-19,24H,2-3,5-6,8-11,16H2,1H3,(H2,30,31,33,34);1H2/t17-,36?;/m0./s1. The van der Waals surface area contributed by atoms with Crippen LogP contribution in [0.5, 0.6) is 5.75 Å². The molecule has 202 valence electrons. The lowest BCUT2D eigenvalue weighted by Crippen LogP contribution is -2.37. The summed E-state index contributed by atoms with van der Waals surface area (Å²) in [6, 6.07) is 11.5. The van der Waals surface area contributed by atoms with Crippen molar-refractivity contribution in [1.29, 1.82) is 4.78 Å². The number of rotatable bonds is 9. The molecule has 1 unspecified atom stereocenters. The normalized spacial score (nSPS) is 20.9. The molecule has 0 spiro atoms. The Morgan fingerprint density at radius 2 is 1.73 bits per heavy atom. The highest BCUT2D eigenvalue weighted by Crippen LogP contribution is 2.45. The summed E-state index contributed by atoms with van der Waals surface area (Å²) in [5, 5.41) is 1.13. The quantitative estimate of drug-likeness (QED) is 0.344. The average Bonchev–Trinajstić information content (AvgIpc) is 3.74. The smallest absolute Gasteiger partial charge is 0.263 e. The number of nitrogens with one attached hydrogen (secondary N) is 2. The van der Waals surface area contributed by atoms with E-state index in [0.29, 0.717) is 34.1 Å². The van der Waals surface area contributed by atoms with Crippen molar-refractivity contribution >= 4 is 52.5 Å². The van der Waals surface area contributed by atoms with Gasteiger partial charge in [0.2, 0.25) is 0 Å². The third-order valence-corrected chi connectivity index (χ3v) is 9.90. The van der Waals surface area contributed by atoms with Crippen LogP contribution in [0.3, 0.4) is 0 Å². The molecule has 3 fully saturated rings. The Balaban J connectivity index is 0.00000320. The number of hydrogen-bond donors (Lipinski definition) is 2. The molecule has 5 rings (SSSR count). The first-order valence-corrected chi connectivity index (χ1v) is 15.1. The van der Waals surface area contributed by atoms with Crippen molar-refractivity contribution in [2.45, 2.75) is 62.7 Å². The largest absolute Gasteiger partial charge is 0.493 e. The number of likely N-dealkylation sites (tertiary alicyclic amines) is 1. The number of hydrogen-bond acceptors (Lipinski definition) is 5. The molecule has 2 saturated carbocycles. The summed E-state index contributed by atoms with van der Waals surface area (Å²) in [5.74, 6) is 1.28. The minimum atomic E-state index is -3.07. The van der Waals surface area contributed by atoms with Gasteiger partial charge < -0.3 is 4.74 Å². The fourth-order valence-electron chi connectivity index (χ4n) is 4.96. The monoisotopic (exact) mass is 583 g/mol. The number of piperidine rings is 1. The first-order chi connectivity index (χ1) is 17.2. The highest BCUT2D eigenvalue weighted by atomic mass is 35.5. The van der Waals surface area contributed by atoms with Crippen molar-refractivity contribution in [3.05, 3.63) is 63.1 Å². The molecule has 2 aliphatic carbocycles. The minimum Gasteiger partial charge on any atom is -0.493 e. The van der Waals surface area contributed by atoms with Crippen LogP contribution in [0.2, 0.25) is 10.0 Å². The lowest BCUT2D eigenvalue weighted by Gasteiger charge is -2.36. The number of carbonyl (C=O) groups excluding carboxylic acids is 1. The molecular weight excluding hydrogens is 549 g/mol. The van der Waals surface area contributed by atoms with Crippen LogP contribution in [0, 0.1) is 10.7 Å². The molecule has 2 N–H and O–H groups in total. The van der Waals surface area contributed by atoms with Crippen LogP contribution in [0.4, 0.5) is 0 Å². The van der Waals surface area contributed by atoms with E-state index < -0.39 is 15.8 Å². The van der Waals surface area contributed by atoms with E-state index in [-0.39, 0.29) is 24.8 Å². The van der Waals surface area contributed by atoms with Gasteiger partial charge in [0, 0.05) is 21.7 Å². The predicted molar refractivity (Wildman–Crippen MR) is 155 cm³/mol. The highest BCUT2D eigenvalue weighted by molar-refractivity contribution is 7.92. The molecule has 2 aromatic carbocycles. The van der Waals surface area contributed by atoms with Gasteiger partial charge in [-0.15, -0.1) is 0 Å². The Morgan fingerprint density at radius 3 is 2.32 bits per heavy atom. The van der Waals surface area contributed by atoms with Crippen molar-refractivity contribution in [3.8, 4) is 5.75 Å². The minimum absolute atomic E-state index is 0. The van der Waals surface area contributed by atoms with E-state index in [1.165, 1.54) is 0 Å². The van der Waals surface area contributed by atoms with Gasteiger partial charge in [-0.25, -0.2) is 8.99 Å². The van der Waals surface area contributed by atoms with Crippen LogP contribution < -0.4 is 9.46 Å². The second-order valence-electron chi connectivity index (χ2n) is 10.4. The van der Waals surface area contributed by atoms with E-state index in [9.17, 15) is 9.00 Å². The van der Waals surface area contributed by atoms with Crippen LogP contribution in [-0.4, -0.2) is 40.0 Å². The molecule has 2 atom stereocenters. The van der Waals surface area contributed by atoms with Gasteiger partial charge in [-0.1, -0.05) is 23.2 Å². The Morgan fingerprint density at radius 1 is 1.08 bits per heavy atom. The number of amides is 1. The van der Waals surface area contributed by atoms with E-state index in [1.807, 2.05) is 24.3 Å². The molecule has 6 nitrogen and oxygen atoms in total. The Hall–Kier alpha value is -1.45. The second kappa shape index (κ2) is 11.7. The number of nitrogens with zero attached hydrogens (tertiary/aromatic N) is 1. The van der Waals surface area contributed by atoms with Crippen molar-refractivity contribution in [1.82, 2.24) is 9.62 Å². The predicted octanol–water partition coefficient (Wildman–Crippen LogP) is 6.69. The molecule has 0 bridgehead atoms. The second-order valence-corrected chi connectivity index (χ2v) is 13.4. The summed E-state index contributed by atoms with van der Waals surface area (Å²) >= 11 is 12.4. The highest BCUT2D eigenvalue weighted by Gasteiger charge is 2.34. The molecule has 3 aliphatic rings. The van der Waals surface area contributed by atoms with E-state index in [1.54, 1.807) is 12.1 Å². The van der Waals surface area contributed by atoms with Crippen LogP contribution in [-0.2, 0) is 9.92 Å². The van der Waals surface area contributed by atoms with Gasteiger partial charge in [-0.3, -0.25) is 14.4 Å². The zero-order valence-electron chi connectivity index (χ0n) is 21.0. The Labute approximate surface area is 237 Å². The van der Waals surface area contributed by atoms with Crippen LogP contribution >= 0.6 is 36.7 Å². The van der Waals surface area contributed by atoms with Gasteiger partial charge >= 0.3 is 0 Å². The third kappa shape index (κ3) is 7.15. The summed E-state index contributed by atoms with van der Waals surface area (Å²) in [4.78, 5) is 15.1. The van der Waals surface area contributed by atoms with Crippen molar-refractivity contribution in [2.75, 3.05) is 19.7 Å². The zero-order chi connectivity index (χ0) is 25.4. The van der Waals surface area contributed by atoms with E-state index in [0.717, 1.165) is 68.5 Å². The molecule has 1 amide bonds. The summed E-state index contributed by atoms with van der Waals surface area (Å²) in [5.41, 5.74) is 2.64. The van der Waals surface area contributed by atoms with Gasteiger partial charge in [0.05, 0.1) is 11.9 Å². The molecule has 1 heterocycles. The molecule has 1 saturated heterocycles. The summed E-state index contributed by atoms with van der Waals surface area (Å²) in [7, 11) is -3.07. The average molecular weight is 585 g/mol. The number of carbonyl (C=O) groups is 1. The molecule has 10 heteroatoms. The number of halogens is 2. The Bertz CT molecular complexity index is 1220. The van der Waals surface area contributed by atoms with Crippen molar-refractivity contribution in [2.24, 2.45) is 5.92 Å². The van der Waals surface area contributed by atoms with Crippen LogP contribution in [0.15, 0.2) is 36.4 Å². The SMILES string of the molecule is C[C@@H](c1cc(Cl)cc(Cl)c1)N1CCC(COc2ccc(C(=O)NS(=N)(=O)C3CC3)cc2C2CC2)CC1.S. The van der Waals surface area contributed by atoms with Gasteiger partial charge in [0.25, 0.3) is 5.91 Å². The van der Waals surface area contributed by atoms with Crippen molar-refractivity contribution in [3.63, 3.8) is 0 Å². The first-order valence-electron chi connectivity index (χ1n) is 12.8. The maximum Gasteiger partial charge on any atom is 0.263 e. The van der Waals surface area contributed by atoms with Gasteiger partial charge in [-0.2, -0.15) is 13.5 Å². The maximum atomic E-state index is 12.7. The summed E-state index contributed by atoms with van der Waals surface area (Å²) in [6.45, 7) is 4.82.